The van der Waals surface area contributed by atoms with Crippen molar-refractivity contribution in [1.29, 1.82) is 0 Å². The van der Waals surface area contributed by atoms with Crippen molar-refractivity contribution in [3.8, 4) is 5.75 Å². The Kier molecular flexibility index (Phi) is 5.26. The summed E-state index contributed by atoms with van der Waals surface area (Å²) in [5, 5.41) is 2.92. The molecule has 1 aliphatic heterocycles. The number of anilines is 2. The quantitative estimate of drug-likeness (QED) is 0.890. The minimum atomic E-state index is -0.378. The molecule has 5 heteroatoms. The highest BCUT2D eigenvalue weighted by Gasteiger charge is 2.36. The summed E-state index contributed by atoms with van der Waals surface area (Å²) in [7, 11) is 1.57. The number of ether oxygens (including phenoxy) is 1. The van der Waals surface area contributed by atoms with E-state index in [1.165, 1.54) is 5.56 Å². The molecular weight excluding hydrogens is 328 g/mol. The van der Waals surface area contributed by atoms with Crippen LogP contribution in [-0.2, 0) is 9.59 Å². The molecule has 1 atom stereocenters. The lowest BCUT2D eigenvalue weighted by molar-refractivity contribution is -0.122. The van der Waals surface area contributed by atoms with E-state index in [0.29, 0.717) is 23.9 Å². The Hall–Kier alpha value is -2.82. The maximum absolute atomic E-state index is 12.6. The molecule has 0 spiro atoms. The van der Waals surface area contributed by atoms with Crippen molar-refractivity contribution in [2.45, 2.75) is 26.2 Å². The number of methoxy groups -OCH3 is 1. The second-order valence-corrected chi connectivity index (χ2v) is 6.84. The summed E-state index contributed by atoms with van der Waals surface area (Å²) in [6.07, 6.45) is 0.202. The number of hydrogen-bond donors (Lipinski definition) is 1. The molecule has 2 amide bonds. The van der Waals surface area contributed by atoms with E-state index in [0.717, 1.165) is 5.69 Å². The number of carbonyl (C=O) groups excluding carboxylic acids is 2. The highest BCUT2D eigenvalue weighted by Crippen LogP contribution is 2.33. The van der Waals surface area contributed by atoms with E-state index in [4.69, 9.17) is 4.74 Å². The van der Waals surface area contributed by atoms with Crippen molar-refractivity contribution in [3.63, 3.8) is 0 Å². The minimum Gasteiger partial charge on any atom is -0.495 e. The molecule has 0 aromatic heterocycles. The fourth-order valence-electron chi connectivity index (χ4n) is 3.16. The van der Waals surface area contributed by atoms with Crippen molar-refractivity contribution in [2.24, 2.45) is 5.92 Å². The summed E-state index contributed by atoms with van der Waals surface area (Å²) < 4.78 is 5.33. The first-order valence-electron chi connectivity index (χ1n) is 8.83. The summed E-state index contributed by atoms with van der Waals surface area (Å²) in [5.74, 6) is 0.503. The molecule has 0 bridgehead atoms. The van der Waals surface area contributed by atoms with Gasteiger partial charge in [-0.3, -0.25) is 9.59 Å². The van der Waals surface area contributed by atoms with Crippen molar-refractivity contribution >= 4 is 23.2 Å². The van der Waals surface area contributed by atoms with Gasteiger partial charge in [-0.15, -0.1) is 0 Å². The van der Waals surface area contributed by atoms with Crippen molar-refractivity contribution in [1.82, 2.24) is 0 Å². The largest absolute Gasteiger partial charge is 0.495 e. The zero-order valence-corrected chi connectivity index (χ0v) is 15.4. The molecule has 1 N–H and O–H groups in total. The van der Waals surface area contributed by atoms with Gasteiger partial charge in [0.2, 0.25) is 11.8 Å². The number of amides is 2. The number of carbonyl (C=O) groups is 2. The Morgan fingerprint density at radius 1 is 1.15 bits per heavy atom. The second-order valence-electron chi connectivity index (χ2n) is 6.84. The van der Waals surface area contributed by atoms with E-state index < -0.39 is 0 Å². The van der Waals surface area contributed by atoms with E-state index in [9.17, 15) is 9.59 Å². The average Bonchev–Trinajstić information content (AvgIpc) is 3.04. The van der Waals surface area contributed by atoms with Gasteiger partial charge in [0.15, 0.2) is 0 Å². The second kappa shape index (κ2) is 7.60. The third kappa shape index (κ3) is 3.72. The highest BCUT2D eigenvalue weighted by atomic mass is 16.5. The van der Waals surface area contributed by atoms with Crippen LogP contribution < -0.4 is 15.0 Å². The standard InChI is InChI=1S/C21H24N2O3/c1-14(2)15-8-10-17(11-9-15)22-21(25)16-12-20(24)23(13-16)18-6-4-5-7-19(18)26-3/h4-11,14,16H,12-13H2,1-3H3,(H,22,25)/t16-/m1/s1. The van der Waals surface area contributed by atoms with Crippen LogP contribution >= 0.6 is 0 Å². The number of para-hydroxylation sites is 2. The maximum Gasteiger partial charge on any atom is 0.229 e. The first-order chi connectivity index (χ1) is 12.5. The number of benzene rings is 2. The van der Waals surface area contributed by atoms with E-state index in [-0.39, 0.29) is 24.2 Å². The third-order valence-electron chi connectivity index (χ3n) is 4.72. The zero-order chi connectivity index (χ0) is 18.7. The molecule has 3 rings (SSSR count). The van der Waals surface area contributed by atoms with Gasteiger partial charge < -0.3 is 15.0 Å². The van der Waals surface area contributed by atoms with Crippen LogP contribution in [-0.4, -0.2) is 25.5 Å². The van der Waals surface area contributed by atoms with Gasteiger partial charge in [-0.05, 0) is 35.7 Å². The molecule has 2 aromatic carbocycles. The molecule has 2 aromatic rings. The fourth-order valence-corrected chi connectivity index (χ4v) is 3.16. The molecule has 136 valence electrons. The Labute approximate surface area is 154 Å². The number of hydrogen-bond acceptors (Lipinski definition) is 3. The number of rotatable bonds is 5. The van der Waals surface area contributed by atoms with Crippen LogP contribution in [0, 0.1) is 5.92 Å². The van der Waals surface area contributed by atoms with Gasteiger partial charge in [0.25, 0.3) is 0 Å². The monoisotopic (exact) mass is 352 g/mol. The summed E-state index contributed by atoms with van der Waals surface area (Å²) in [4.78, 5) is 26.6. The van der Waals surface area contributed by atoms with Gasteiger partial charge in [-0.2, -0.15) is 0 Å². The molecule has 1 heterocycles. The molecular formula is C21H24N2O3. The van der Waals surface area contributed by atoms with Gasteiger partial charge >= 0.3 is 0 Å². The Morgan fingerprint density at radius 2 is 1.85 bits per heavy atom. The molecule has 0 saturated carbocycles. The van der Waals surface area contributed by atoms with E-state index >= 15 is 0 Å². The van der Waals surface area contributed by atoms with Crippen molar-refractivity contribution < 1.29 is 14.3 Å². The van der Waals surface area contributed by atoms with E-state index in [1.807, 2.05) is 48.5 Å². The van der Waals surface area contributed by atoms with Gasteiger partial charge in [0.05, 0.1) is 18.7 Å². The van der Waals surface area contributed by atoms with Crippen LogP contribution in [0.1, 0.15) is 31.7 Å². The average molecular weight is 352 g/mol. The smallest absolute Gasteiger partial charge is 0.229 e. The van der Waals surface area contributed by atoms with Crippen LogP contribution in [0.3, 0.4) is 0 Å². The molecule has 1 aliphatic rings. The topological polar surface area (TPSA) is 58.6 Å². The molecule has 0 aliphatic carbocycles. The molecule has 0 radical (unpaired) electrons. The van der Waals surface area contributed by atoms with Crippen LogP contribution in [0.4, 0.5) is 11.4 Å². The lowest BCUT2D eigenvalue weighted by Crippen LogP contribution is -2.28. The van der Waals surface area contributed by atoms with Gasteiger partial charge in [-0.1, -0.05) is 38.1 Å². The fraction of sp³-hybridized carbons (Fsp3) is 0.333. The van der Waals surface area contributed by atoms with E-state index in [2.05, 4.69) is 19.2 Å². The third-order valence-corrected chi connectivity index (χ3v) is 4.72. The Bertz CT molecular complexity index is 799. The molecule has 26 heavy (non-hydrogen) atoms. The van der Waals surface area contributed by atoms with Gasteiger partial charge in [0, 0.05) is 18.7 Å². The summed E-state index contributed by atoms with van der Waals surface area (Å²) in [5.41, 5.74) is 2.68. The maximum atomic E-state index is 12.6. The summed E-state index contributed by atoms with van der Waals surface area (Å²) >= 11 is 0. The lowest BCUT2D eigenvalue weighted by atomic mass is 10.0. The molecule has 1 fully saturated rings. The van der Waals surface area contributed by atoms with Gasteiger partial charge in [0.1, 0.15) is 5.75 Å². The van der Waals surface area contributed by atoms with Crippen LogP contribution in [0.25, 0.3) is 0 Å². The van der Waals surface area contributed by atoms with Crippen LogP contribution in [0.5, 0.6) is 5.75 Å². The lowest BCUT2D eigenvalue weighted by Gasteiger charge is -2.19. The SMILES string of the molecule is COc1ccccc1N1C[C@H](C(=O)Nc2ccc(C(C)C)cc2)CC1=O. The molecule has 0 unspecified atom stereocenters. The Balaban J connectivity index is 1.69. The van der Waals surface area contributed by atoms with E-state index in [1.54, 1.807) is 12.0 Å². The molecule has 1 saturated heterocycles. The number of nitrogens with zero attached hydrogens (tertiary/aromatic N) is 1. The predicted octanol–water partition coefficient (Wildman–Crippen LogP) is 3.81. The van der Waals surface area contributed by atoms with Crippen LogP contribution in [0.15, 0.2) is 48.5 Å². The zero-order valence-electron chi connectivity index (χ0n) is 15.4. The Morgan fingerprint density at radius 3 is 2.50 bits per heavy atom. The van der Waals surface area contributed by atoms with Crippen molar-refractivity contribution in [2.75, 3.05) is 23.9 Å². The molecule has 5 nitrogen and oxygen atoms in total. The first-order valence-corrected chi connectivity index (χ1v) is 8.83. The summed E-state index contributed by atoms with van der Waals surface area (Å²) in [6.45, 7) is 4.61. The predicted molar refractivity (Wildman–Crippen MR) is 103 cm³/mol. The highest BCUT2D eigenvalue weighted by molar-refractivity contribution is 6.04. The summed E-state index contributed by atoms with van der Waals surface area (Å²) in [6, 6.07) is 15.2. The van der Waals surface area contributed by atoms with Crippen LogP contribution in [0.2, 0.25) is 0 Å². The number of nitrogens with one attached hydrogen (secondary N) is 1. The normalized spacial score (nSPS) is 16.8. The van der Waals surface area contributed by atoms with Crippen molar-refractivity contribution in [3.05, 3.63) is 54.1 Å². The minimum absolute atomic E-state index is 0.0650. The van der Waals surface area contributed by atoms with Gasteiger partial charge in [-0.25, -0.2) is 0 Å². The first kappa shape index (κ1) is 18.0.